The van der Waals surface area contributed by atoms with E-state index in [1.165, 1.54) is 0 Å². The molecule has 1 aromatic carbocycles. The third kappa shape index (κ3) is 4.73. The molecule has 1 unspecified atom stereocenters. The van der Waals surface area contributed by atoms with Gasteiger partial charge in [0.05, 0.1) is 6.61 Å². The van der Waals surface area contributed by atoms with Crippen LogP contribution in [0.3, 0.4) is 0 Å². The molecule has 1 aliphatic carbocycles. The van der Waals surface area contributed by atoms with Gasteiger partial charge in [0.2, 0.25) is 5.91 Å². The van der Waals surface area contributed by atoms with E-state index in [9.17, 15) is 9.59 Å². The van der Waals surface area contributed by atoms with Crippen LogP contribution in [0.5, 0.6) is 0 Å². The highest BCUT2D eigenvalue weighted by Gasteiger charge is 2.20. The maximum atomic E-state index is 12.0. The fourth-order valence-corrected chi connectivity index (χ4v) is 2.59. The minimum absolute atomic E-state index is 0.0557. The number of rotatable bonds is 5. The van der Waals surface area contributed by atoms with Gasteiger partial charge in [-0.2, -0.15) is 0 Å². The second-order valence-corrected chi connectivity index (χ2v) is 5.67. The number of aliphatic hydroxyl groups excluding tert-OH is 1. The van der Waals surface area contributed by atoms with Gasteiger partial charge in [-0.15, -0.1) is 0 Å². The maximum Gasteiger partial charge on any atom is 0.321 e. The molecule has 2 rings (SSSR count). The summed E-state index contributed by atoms with van der Waals surface area (Å²) in [6.45, 7) is 1.63. The third-order valence-corrected chi connectivity index (χ3v) is 3.81. The Morgan fingerprint density at radius 3 is 2.73 bits per heavy atom. The molecule has 0 saturated heterocycles. The number of carbonyl (C=O) groups is 2. The molecular formula is C16H23N3O3. The number of imide groups is 1. The van der Waals surface area contributed by atoms with Gasteiger partial charge in [0.15, 0.2) is 0 Å². The lowest BCUT2D eigenvalue weighted by Crippen LogP contribution is -2.48. The Morgan fingerprint density at radius 2 is 2.05 bits per heavy atom. The maximum absolute atomic E-state index is 12.0. The van der Waals surface area contributed by atoms with Gasteiger partial charge in [-0.25, -0.2) is 4.79 Å². The summed E-state index contributed by atoms with van der Waals surface area (Å²) in [6, 6.07) is 6.36. The first-order valence-electron chi connectivity index (χ1n) is 7.66. The first kappa shape index (κ1) is 16.3. The van der Waals surface area contributed by atoms with Crippen LogP contribution in [0.2, 0.25) is 0 Å². The molecule has 3 amide bonds. The van der Waals surface area contributed by atoms with E-state index in [1.54, 1.807) is 25.1 Å². The largest absolute Gasteiger partial charge is 0.392 e. The highest BCUT2D eigenvalue weighted by molar-refractivity contribution is 5.98. The number of benzene rings is 1. The van der Waals surface area contributed by atoms with Gasteiger partial charge < -0.3 is 15.7 Å². The molecule has 0 aliphatic heterocycles. The molecule has 0 radical (unpaired) electrons. The second-order valence-electron chi connectivity index (χ2n) is 5.67. The van der Waals surface area contributed by atoms with E-state index in [2.05, 4.69) is 16.0 Å². The zero-order valence-corrected chi connectivity index (χ0v) is 12.8. The normalized spacial score (nSPS) is 16.1. The predicted octanol–water partition coefficient (Wildman–Crippen LogP) is 1.75. The lowest BCUT2D eigenvalue weighted by atomic mass is 10.2. The van der Waals surface area contributed by atoms with E-state index in [1.807, 2.05) is 6.07 Å². The minimum Gasteiger partial charge on any atom is -0.392 e. The zero-order chi connectivity index (χ0) is 15.9. The molecule has 0 bridgehead atoms. The van der Waals surface area contributed by atoms with Gasteiger partial charge in [0.25, 0.3) is 0 Å². The summed E-state index contributed by atoms with van der Waals surface area (Å²) in [5, 5.41) is 17.3. The van der Waals surface area contributed by atoms with Crippen LogP contribution in [0.1, 0.15) is 38.2 Å². The fraction of sp³-hybridized carbons (Fsp3) is 0.500. The molecule has 4 N–H and O–H groups in total. The van der Waals surface area contributed by atoms with E-state index in [0.717, 1.165) is 36.9 Å². The average molecular weight is 305 g/mol. The number of aliphatic hydroxyl groups is 1. The Labute approximate surface area is 130 Å². The smallest absolute Gasteiger partial charge is 0.321 e. The first-order valence-corrected chi connectivity index (χ1v) is 7.66. The number of urea groups is 1. The number of carbonyl (C=O) groups excluding carboxylic acids is 2. The average Bonchev–Trinajstić information content (AvgIpc) is 3.00. The Hall–Kier alpha value is -2.08. The van der Waals surface area contributed by atoms with Crippen LogP contribution in [-0.2, 0) is 11.4 Å². The van der Waals surface area contributed by atoms with Crippen molar-refractivity contribution in [3.8, 4) is 0 Å². The van der Waals surface area contributed by atoms with Crippen LogP contribution in [0.25, 0.3) is 0 Å². The quantitative estimate of drug-likeness (QED) is 0.667. The number of amides is 3. The molecule has 6 heteroatoms. The van der Waals surface area contributed by atoms with Crippen LogP contribution in [0.15, 0.2) is 24.3 Å². The van der Waals surface area contributed by atoms with E-state index >= 15 is 0 Å². The van der Waals surface area contributed by atoms with Crippen LogP contribution >= 0.6 is 0 Å². The van der Waals surface area contributed by atoms with Gasteiger partial charge in [0, 0.05) is 11.7 Å². The van der Waals surface area contributed by atoms with E-state index < -0.39 is 12.1 Å². The molecule has 0 heterocycles. The Bertz CT molecular complexity index is 527. The summed E-state index contributed by atoms with van der Waals surface area (Å²) >= 11 is 0. The van der Waals surface area contributed by atoms with Gasteiger partial charge in [-0.05, 0) is 37.5 Å². The fourth-order valence-electron chi connectivity index (χ4n) is 2.59. The van der Waals surface area contributed by atoms with Crippen LogP contribution < -0.4 is 16.0 Å². The van der Waals surface area contributed by atoms with Crippen LogP contribution in [0.4, 0.5) is 10.5 Å². The standard InChI is InChI=1S/C16H23N3O3/c1-11(17-14-8-4-5-12(9-14)10-20)15(21)19-16(22)18-13-6-2-3-7-13/h4-5,8-9,11,13,17,20H,2-3,6-7,10H2,1H3,(H2,18,19,21,22). The lowest BCUT2D eigenvalue weighted by Gasteiger charge is -2.17. The highest BCUT2D eigenvalue weighted by Crippen LogP contribution is 2.17. The summed E-state index contributed by atoms with van der Waals surface area (Å²) in [6.07, 6.45) is 4.20. The summed E-state index contributed by atoms with van der Waals surface area (Å²) in [4.78, 5) is 23.8. The van der Waals surface area contributed by atoms with Crippen molar-refractivity contribution in [2.24, 2.45) is 0 Å². The minimum atomic E-state index is -0.553. The van der Waals surface area contributed by atoms with Gasteiger partial charge in [-0.1, -0.05) is 25.0 Å². The monoisotopic (exact) mass is 305 g/mol. The van der Waals surface area contributed by atoms with Gasteiger partial charge in [0.1, 0.15) is 6.04 Å². The number of anilines is 1. The van der Waals surface area contributed by atoms with E-state index in [4.69, 9.17) is 5.11 Å². The molecule has 0 spiro atoms. The highest BCUT2D eigenvalue weighted by atomic mass is 16.3. The number of hydrogen-bond acceptors (Lipinski definition) is 4. The summed E-state index contributed by atoms with van der Waals surface area (Å²) in [5.41, 5.74) is 1.49. The molecule has 22 heavy (non-hydrogen) atoms. The molecule has 1 saturated carbocycles. The SMILES string of the molecule is CC(Nc1cccc(CO)c1)C(=O)NC(=O)NC1CCCC1. The molecule has 1 fully saturated rings. The zero-order valence-electron chi connectivity index (χ0n) is 12.8. The molecule has 1 atom stereocenters. The number of nitrogens with one attached hydrogen (secondary N) is 3. The van der Waals surface area contributed by atoms with E-state index in [-0.39, 0.29) is 18.6 Å². The Balaban J connectivity index is 1.81. The summed E-state index contributed by atoms with van der Waals surface area (Å²) in [7, 11) is 0. The topological polar surface area (TPSA) is 90.5 Å². The van der Waals surface area contributed by atoms with Crippen molar-refractivity contribution in [2.75, 3.05) is 5.32 Å². The van der Waals surface area contributed by atoms with Crippen molar-refractivity contribution in [3.63, 3.8) is 0 Å². The molecule has 120 valence electrons. The molecule has 1 aliphatic rings. The van der Waals surface area contributed by atoms with Crippen molar-refractivity contribution < 1.29 is 14.7 Å². The van der Waals surface area contributed by atoms with Gasteiger partial charge >= 0.3 is 6.03 Å². The van der Waals surface area contributed by atoms with Crippen LogP contribution in [-0.4, -0.2) is 29.1 Å². The van der Waals surface area contributed by atoms with Crippen LogP contribution in [0, 0.1) is 0 Å². The summed E-state index contributed by atoms with van der Waals surface area (Å²) in [5.74, 6) is -0.384. The molecule has 6 nitrogen and oxygen atoms in total. The van der Waals surface area contributed by atoms with Crippen molar-refractivity contribution in [1.29, 1.82) is 0 Å². The molecular weight excluding hydrogens is 282 g/mol. The Morgan fingerprint density at radius 1 is 1.32 bits per heavy atom. The first-order chi connectivity index (χ1) is 10.6. The molecule has 0 aromatic heterocycles. The molecule has 1 aromatic rings. The predicted molar refractivity (Wildman–Crippen MR) is 84.4 cm³/mol. The second kappa shape index (κ2) is 7.79. The third-order valence-electron chi connectivity index (χ3n) is 3.81. The van der Waals surface area contributed by atoms with Gasteiger partial charge in [-0.3, -0.25) is 10.1 Å². The summed E-state index contributed by atoms with van der Waals surface area (Å²) < 4.78 is 0. The van der Waals surface area contributed by atoms with Crippen molar-refractivity contribution in [2.45, 2.75) is 51.3 Å². The number of hydrogen-bond donors (Lipinski definition) is 4. The van der Waals surface area contributed by atoms with E-state index in [0.29, 0.717) is 0 Å². The Kier molecular flexibility index (Phi) is 5.77. The van der Waals surface area contributed by atoms with Crippen molar-refractivity contribution in [1.82, 2.24) is 10.6 Å². The van der Waals surface area contributed by atoms with Crippen molar-refractivity contribution in [3.05, 3.63) is 29.8 Å². The lowest BCUT2D eigenvalue weighted by molar-refractivity contribution is -0.120. The van der Waals surface area contributed by atoms with Crippen molar-refractivity contribution >= 4 is 17.6 Å².